The van der Waals surface area contributed by atoms with Crippen LogP contribution in [0.2, 0.25) is 0 Å². The SMILES string of the molecule is CN=C(NCc1cccc(-n2cccn2)c1)N1CCC(Oc2ccccc2)CC1. The zero-order chi connectivity index (χ0) is 19.9. The van der Waals surface area contributed by atoms with Gasteiger partial charge in [-0.05, 0) is 35.9 Å². The van der Waals surface area contributed by atoms with Gasteiger partial charge in [-0.1, -0.05) is 30.3 Å². The summed E-state index contributed by atoms with van der Waals surface area (Å²) in [6.07, 6.45) is 5.98. The predicted molar refractivity (Wildman–Crippen MR) is 115 cm³/mol. The summed E-state index contributed by atoms with van der Waals surface area (Å²) >= 11 is 0. The van der Waals surface area contributed by atoms with E-state index in [9.17, 15) is 0 Å². The van der Waals surface area contributed by atoms with Crippen LogP contribution in [0.25, 0.3) is 5.69 Å². The average molecular weight is 390 g/mol. The van der Waals surface area contributed by atoms with Crippen molar-refractivity contribution in [3.63, 3.8) is 0 Å². The quantitative estimate of drug-likeness (QED) is 0.536. The lowest BCUT2D eigenvalue weighted by Crippen LogP contribution is -2.47. The molecule has 3 aromatic rings. The number of aliphatic imine (C=N–C) groups is 1. The molecule has 6 heteroatoms. The first-order valence-electron chi connectivity index (χ1n) is 10.1. The topological polar surface area (TPSA) is 54.7 Å². The lowest BCUT2D eigenvalue weighted by atomic mass is 10.1. The van der Waals surface area contributed by atoms with Crippen LogP contribution in [0.5, 0.6) is 5.75 Å². The summed E-state index contributed by atoms with van der Waals surface area (Å²) in [5.74, 6) is 1.89. The number of ether oxygens (including phenoxy) is 1. The molecule has 0 atom stereocenters. The van der Waals surface area contributed by atoms with Gasteiger partial charge in [0.2, 0.25) is 0 Å². The molecule has 4 rings (SSSR count). The number of likely N-dealkylation sites (tertiary alicyclic amines) is 1. The number of hydrogen-bond donors (Lipinski definition) is 1. The van der Waals surface area contributed by atoms with Gasteiger partial charge < -0.3 is 15.0 Å². The second-order valence-electron chi connectivity index (χ2n) is 7.14. The van der Waals surface area contributed by atoms with Crippen LogP contribution in [0.4, 0.5) is 0 Å². The Labute approximate surface area is 171 Å². The number of benzene rings is 2. The Hall–Kier alpha value is -3.28. The van der Waals surface area contributed by atoms with Crippen molar-refractivity contribution in [1.82, 2.24) is 20.0 Å². The highest BCUT2D eigenvalue weighted by molar-refractivity contribution is 5.80. The third-order valence-corrected chi connectivity index (χ3v) is 5.13. The first kappa shape index (κ1) is 19.1. The average Bonchev–Trinajstić information content (AvgIpc) is 3.31. The Bertz CT molecular complexity index is 915. The molecule has 1 aromatic heterocycles. The van der Waals surface area contributed by atoms with Gasteiger partial charge in [-0.2, -0.15) is 5.10 Å². The molecule has 150 valence electrons. The summed E-state index contributed by atoms with van der Waals surface area (Å²) in [7, 11) is 1.84. The number of aromatic nitrogens is 2. The van der Waals surface area contributed by atoms with Crippen molar-refractivity contribution in [2.75, 3.05) is 20.1 Å². The van der Waals surface area contributed by atoms with E-state index in [2.05, 4.69) is 44.6 Å². The van der Waals surface area contributed by atoms with Crippen molar-refractivity contribution in [3.8, 4) is 11.4 Å². The molecule has 6 nitrogen and oxygen atoms in total. The smallest absolute Gasteiger partial charge is 0.193 e. The van der Waals surface area contributed by atoms with Gasteiger partial charge in [0.05, 0.1) is 5.69 Å². The van der Waals surface area contributed by atoms with E-state index in [0.29, 0.717) is 0 Å². The third-order valence-electron chi connectivity index (χ3n) is 5.13. The molecule has 1 aliphatic heterocycles. The van der Waals surface area contributed by atoms with Crippen LogP contribution in [-0.4, -0.2) is 46.9 Å². The van der Waals surface area contributed by atoms with Gasteiger partial charge in [0.15, 0.2) is 5.96 Å². The molecule has 1 saturated heterocycles. The number of piperidine rings is 1. The van der Waals surface area contributed by atoms with E-state index < -0.39 is 0 Å². The molecule has 1 N–H and O–H groups in total. The zero-order valence-electron chi connectivity index (χ0n) is 16.7. The molecule has 0 saturated carbocycles. The van der Waals surface area contributed by atoms with Crippen LogP contribution in [0, 0.1) is 0 Å². The van der Waals surface area contributed by atoms with Crippen molar-refractivity contribution in [2.45, 2.75) is 25.5 Å². The minimum atomic E-state index is 0.262. The largest absolute Gasteiger partial charge is 0.490 e. The Kier molecular flexibility index (Phi) is 6.10. The molecular formula is C23H27N5O. The molecule has 1 aliphatic rings. The third kappa shape index (κ3) is 4.96. The van der Waals surface area contributed by atoms with Crippen molar-refractivity contribution >= 4 is 5.96 Å². The lowest BCUT2D eigenvalue weighted by molar-refractivity contribution is 0.129. The van der Waals surface area contributed by atoms with Crippen LogP contribution in [-0.2, 0) is 6.54 Å². The van der Waals surface area contributed by atoms with Crippen LogP contribution in [0.3, 0.4) is 0 Å². The maximum absolute atomic E-state index is 6.10. The van der Waals surface area contributed by atoms with Gasteiger partial charge in [0, 0.05) is 51.9 Å². The van der Waals surface area contributed by atoms with Gasteiger partial charge in [-0.25, -0.2) is 4.68 Å². The maximum atomic E-state index is 6.10. The first-order chi connectivity index (χ1) is 14.3. The normalized spacial score (nSPS) is 15.3. The van der Waals surface area contributed by atoms with E-state index in [1.165, 1.54) is 5.56 Å². The van der Waals surface area contributed by atoms with Gasteiger partial charge >= 0.3 is 0 Å². The van der Waals surface area contributed by atoms with Crippen LogP contribution < -0.4 is 10.1 Å². The number of hydrogen-bond acceptors (Lipinski definition) is 3. The van der Waals surface area contributed by atoms with Crippen LogP contribution >= 0.6 is 0 Å². The molecule has 1 fully saturated rings. The molecule has 0 amide bonds. The highest BCUT2D eigenvalue weighted by atomic mass is 16.5. The molecule has 2 heterocycles. The Balaban J connectivity index is 1.30. The van der Waals surface area contributed by atoms with E-state index in [4.69, 9.17) is 4.74 Å². The maximum Gasteiger partial charge on any atom is 0.193 e. The van der Waals surface area contributed by atoms with Crippen molar-refractivity contribution in [2.24, 2.45) is 4.99 Å². The van der Waals surface area contributed by atoms with Crippen molar-refractivity contribution in [1.29, 1.82) is 0 Å². The first-order valence-corrected chi connectivity index (χ1v) is 10.1. The predicted octanol–water partition coefficient (Wildman–Crippen LogP) is 3.49. The van der Waals surface area contributed by atoms with Crippen molar-refractivity contribution < 1.29 is 4.74 Å². The fourth-order valence-electron chi connectivity index (χ4n) is 3.62. The molecule has 0 unspecified atom stereocenters. The number of nitrogens with one attached hydrogen (secondary N) is 1. The highest BCUT2D eigenvalue weighted by Crippen LogP contribution is 2.19. The highest BCUT2D eigenvalue weighted by Gasteiger charge is 2.22. The number of nitrogens with zero attached hydrogens (tertiary/aromatic N) is 4. The molecule has 0 aliphatic carbocycles. The summed E-state index contributed by atoms with van der Waals surface area (Å²) in [4.78, 5) is 6.79. The van der Waals surface area contributed by atoms with Crippen molar-refractivity contribution in [3.05, 3.63) is 78.6 Å². The summed E-state index contributed by atoms with van der Waals surface area (Å²) in [5.41, 5.74) is 2.25. The minimum absolute atomic E-state index is 0.262. The fourth-order valence-corrected chi connectivity index (χ4v) is 3.62. The number of guanidine groups is 1. The summed E-state index contributed by atoms with van der Waals surface area (Å²) in [5, 5.41) is 7.80. The second-order valence-corrected chi connectivity index (χ2v) is 7.14. The summed E-state index contributed by atoms with van der Waals surface area (Å²) in [6, 6.07) is 20.4. The molecule has 0 bridgehead atoms. The Morgan fingerprint density at radius 2 is 1.93 bits per heavy atom. The van der Waals surface area contributed by atoms with E-state index >= 15 is 0 Å². The van der Waals surface area contributed by atoms with Crippen LogP contribution in [0.1, 0.15) is 18.4 Å². The lowest BCUT2D eigenvalue weighted by Gasteiger charge is -2.34. The number of para-hydroxylation sites is 1. The van der Waals surface area contributed by atoms with Gasteiger partial charge in [-0.15, -0.1) is 0 Å². The Morgan fingerprint density at radius 1 is 1.10 bits per heavy atom. The second kappa shape index (κ2) is 9.28. The van der Waals surface area contributed by atoms with Gasteiger partial charge in [0.25, 0.3) is 0 Å². The van der Waals surface area contributed by atoms with E-state index in [1.54, 1.807) is 6.20 Å². The summed E-state index contributed by atoms with van der Waals surface area (Å²) in [6.45, 7) is 2.59. The molecule has 0 radical (unpaired) electrons. The van der Waals surface area contributed by atoms with Gasteiger partial charge in [-0.3, -0.25) is 4.99 Å². The standard InChI is InChI=1S/C23H27N5O/c1-24-23(25-18-19-7-5-8-20(17-19)28-14-6-13-26-28)27-15-11-22(12-16-27)29-21-9-3-2-4-10-21/h2-10,13-14,17,22H,11-12,15-16,18H2,1H3,(H,24,25). The zero-order valence-corrected chi connectivity index (χ0v) is 16.7. The van der Waals surface area contributed by atoms with Gasteiger partial charge in [0.1, 0.15) is 11.9 Å². The molecular weight excluding hydrogens is 362 g/mol. The van der Waals surface area contributed by atoms with E-state index in [1.807, 2.05) is 54.3 Å². The van der Waals surface area contributed by atoms with E-state index in [-0.39, 0.29) is 6.10 Å². The van der Waals surface area contributed by atoms with Crippen LogP contribution in [0.15, 0.2) is 78.0 Å². The fraction of sp³-hybridized carbons (Fsp3) is 0.304. The molecule has 2 aromatic carbocycles. The Morgan fingerprint density at radius 3 is 2.66 bits per heavy atom. The molecule has 0 spiro atoms. The van der Waals surface area contributed by atoms with E-state index in [0.717, 1.165) is 49.9 Å². The molecule has 29 heavy (non-hydrogen) atoms. The number of rotatable bonds is 5. The monoisotopic (exact) mass is 389 g/mol. The summed E-state index contributed by atoms with van der Waals surface area (Å²) < 4.78 is 7.97. The minimum Gasteiger partial charge on any atom is -0.490 e.